The Balaban J connectivity index is 0.993. The molecule has 0 unspecified atom stereocenters. The van der Waals surface area contributed by atoms with Crippen molar-refractivity contribution in [2.45, 2.75) is 17.3 Å². The summed E-state index contributed by atoms with van der Waals surface area (Å²) in [5, 5.41) is 9.63. The predicted molar refractivity (Wildman–Crippen MR) is 159 cm³/mol. The summed E-state index contributed by atoms with van der Waals surface area (Å²) < 4.78 is 5.91. The van der Waals surface area contributed by atoms with Crippen LogP contribution in [0.25, 0.3) is 22.4 Å². The van der Waals surface area contributed by atoms with Crippen molar-refractivity contribution in [3.05, 3.63) is 126 Å². The average molecular weight is 547 g/mol. The van der Waals surface area contributed by atoms with Crippen molar-refractivity contribution in [3.8, 4) is 22.4 Å². The van der Waals surface area contributed by atoms with Gasteiger partial charge in [-0.1, -0.05) is 96.7 Å². The first-order valence-corrected chi connectivity index (χ1v) is 14.5. The summed E-state index contributed by atoms with van der Waals surface area (Å²) in [6.07, 6.45) is 0. The van der Waals surface area contributed by atoms with Gasteiger partial charge in [-0.2, -0.15) is 0 Å². The second-order valence-corrected chi connectivity index (χ2v) is 10.8. The van der Waals surface area contributed by atoms with Gasteiger partial charge in [0.05, 0.1) is 11.4 Å². The van der Waals surface area contributed by atoms with Crippen LogP contribution in [0.2, 0.25) is 0 Å². The maximum absolute atomic E-state index is 13.0. The van der Waals surface area contributed by atoms with E-state index in [2.05, 4.69) is 75.8 Å². The minimum Gasteiger partial charge on any atom is -0.455 e. The Labute approximate surface area is 238 Å². The largest absolute Gasteiger partial charge is 0.455 e. The lowest BCUT2D eigenvalue weighted by Gasteiger charge is -2.34. The van der Waals surface area contributed by atoms with Crippen molar-refractivity contribution in [2.24, 2.45) is 0 Å². The van der Waals surface area contributed by atoms with Crippen LogP contribution in [0.3, 0.4) is 0 Å². The molecular weight excluding hydrogens is 516 g/mol. The van der Waals surface area contributed by atoms with E-state index in [1.165, 1.54) is 16.7 Å². The number of furan rings is 1. The molecule has 0 radical (unpaired) electrons. The van der Waals surface area contributed by atoms with Gasteiger partial charge in [-0.15, -0.1) is 10.2 Å². The highest BCUT2D eigenvalue weighted by Crippen LogP contribution is 2.26. The van der Waals surface area contributed by atoms with Gasteiger partial charge in [0, 0.05) is 38.3 Å². The summed E-state index contributed by atoms with van der Waals surface area (Å²) in [5.41, 5.74) is 5.52. The lowest BCUT2D eigenvalue weighted by atomic mass is 10.0. The fourth-order valence-corrected chi connectivity index (χ4v) is 5.55. The number of aromatic nitrogens is 2. The molecule has 1 aliphatic heterocycles. The molecule has 200 valence electrons. The van der Waals surface area contributed by atoms with Gasteiger partial charge in [-0.3, -0.25) is 9.69 Å². The molecule has 0 saturated carbocycles. The lowest BCUT2D eigenvalue weighted by molar-refractivity contribution is 0.0596. The number of benzene rings is 3. The van der Waals surface area contributed by atoms with Gasteiger partial charge in [0.2, 0.25) is 0 Å². The number of carbonyl (C=O) groups excluding carboxylic acids is 1. The second kappa shape index (κ2) is 12.3. The fraction of sp³-hybridized carbons (Fsp3) is 0.182. The van der Waals surface area contributed by atoms with E-state index in [-0.39, 0.29) is 5.91 Å². The summed E-state index contributed by atoms with van der Waals surface area (Å²) >= 11 is 1.54. The number of hydrogen-bond acceptors (Lipinski definition) is 6. The minimum absolute atomic E-state index is 0.0435. The smallest absolute Gasteiger partial charge is 0.289 e. The standard InChI is InChI=1S/C33H30N4O2S/c38-33(37-21-19-36(20-22-37)23-25-7-3-1-4-8-25)31-17-15-29(39-31)24-40-32-18-16-30(34-35-32)28-13-11-27(12-14-28)26-9-5-2-6-10-26/h1-18H,19-24H2. The SMILES string of the molecule is O=C(c1ccc(CSc2ccc(-c3ccc(-c4ccccc4)cc3)nn2)o1)N1CCN(Cc2ccccc2)CC1. The highest BCUT2D eigenvalue weighted by Gasteiger charge is 2.24. The van der Waals surface area contributed by atoms with Crippen LogP contribution in [-0.2, 0) is 12.3 Å². The number of nitrogens with zero attached hydrogens (tertiary/aromatic N) is 4. The first kappa shape index (κ1) is 26.0. The summed E-state index contributed by atoms with van der Waals surface area (Å²) in [6.45, 7) is 4.03. The Kier molecular flexibility index (Phi) is 8.02. The molecular formula is C33H30N4O2S. The normalized spacial score (nSPS) is 13.8. The first-order chi connectivity index (χ1) is 19.7. The van der Waals surface area contributed by atoms with E-state index >= 15 is 0 Å². The Morgan fingerprint density at radius 1 is 0.700 bits per heavy atom. The molecule has 0 aliphatic carbocycles. The van der Waals surface area contributed by atoms with Crippen molar-refractivity contribution in [2.75, 3.05) is 26.2 Å². The van der Waals surface area contributed by atoms with Gasteiger partial charge < -0.3 is 9.32 Å². The van der Waals surface area contributed by atoms with Gasteiger partial charge in [-0.05, 0) is 41.0 Å². The number of thioether (sulfide) groups is 1. The molecule has 2 aromatic heterocycles. The van der Waals surface area contributed by atoms with Crippen LogP contribution in [0.15, 0.2) is 119 Å². The third-order valence-corrected chi connectivity index (χ3v) is 8.01. The molecule has 6 nitrogen and oxygen atoms in total. The van der Waals surface area contributed by atoms with Crippen LogP contribution in [0.1, 0.15) is 21.9 Å². The number of piperazine rings is 1. The number of hydrogen-bond donors (Lipinski definition) is 0. The number of rotatable bonds is 8. The summed E-state index contributed by atoms with van der Waals surface area (Å²) in [6, 6.07) is 36.7. The zero-order chi connectivity index (χ0) is 27.1. The van der Waals surface area contributed by atoms with Crippen molar-refractivity contribution >= 4 is 17.7 Å². The van der Waals surface area contributed by atoms with Crippen molar-refractivity contribution < 1.29 is 9.21 Å². The monoisotopic (exact) mass is 546 g/mol. The van der Waals surface area contributed by atoms with Gasteiger partial charge in [0.25, 0.3) is 5.91 Å². The highest BCUT2D eigenvalue weighted by atomic mass is 32.2. The number of carbonyl (C=O) groups is 1. The maximum atomic E-state index is 13.0. The molecule has 0 spiro atoms. The van der Waals surface area contributed by atoms with Crippen molar-refractivity contribution in [1.29, 1.82) is 0 Å². The summed E-state index contributed by atoms with van der Waals surface area (Å²) in [5.74, 6) is 1.68. The molecule has 1 fully saturated rings. The molecule has 6 rings (SSSR count). The Morgan fingerprint density at radius 3 is 2.08 bits per heavy atom. The van der Waals surface area contributed by atoms with E-state index in [0.717, 1.165) is 41.7 Å². The molecule has 0 N–H and O–H groups in total. The topological polar surface area (TPSA) is 62.5 Å². The molecule has 3 aromatic carbocycles. The second-order valence-electron chi connectivity index (χ2n) is 9.81. The quantitative estimate of drug-likeness (QED) is 0.203. The van der Waals surface area contributed by atoms with E-state index in [1.807, 2.05) is 47.4 Å². The van der Waals surface area contributed by atoms with Crippen LogP contribution >= 0.6 is 11.8 Å². The Bertz CT molecular complexity index is 1530. The molecule has 3 heterocycles. The third kappa shape index (κ3) is 6.33. The number of amides is 1. The van der Waals surface area contributed by atoms with Crippen LogP contribution < -0.4 is 0 Å². The Hall–Kier alpha value is -4.20. The molecule has 1 aliphatic rings. The van der Waals surface area contributed by atoms with Crippen molar-refractivity contribution in [3.63, 3.8) is 0 Å². The van der Waals surface area contributed by atoms with Crippen LogP contribution in [0.5, 0.6) is 0 Å². The van der Waals surface area contributed by atoms with E-state index in [9.17, 15) is 4.79 Å². The van der Waals surface area contributed by atoms with Gasteiger partial charge in [0.15, 0.2) is 5.76 Å². The summed E-state index contributed by atoms with van der Waals surface area (Å²) in [4.78, 5) is 17.3. The van der Waals surface area contributed by atoms with E-state index in [1.54, 1.807) is 17.8 Å². The van der Waals surface area contributed by atoms with Gasteiger partial charge in [0.1, 0.15) is 10.8 Å². The average Bonchev–Trinajstić information content (AvgIpc) is 3.51. The molecule has 0 atom stereocenters. The maximum Gasteiger partial charge on any atom is 0.289 e. The van der Waals surface area contributed by atoms with Gasteiger partial charge in [-0.25, -0.2) is 0 Å². The zero-order valence-corrected chi connectivity index (χ0v) is 23.0. The van der Waals surface area contributed by atoms with E-state index in [4.69, 9.17) is 4.42 Å². The minimum atomic E-state index is -0.0435. The molecule has 1 amide bonds. The van der Waals surface area contributed by atoms with Gasteiger partial charge >= 0.3 is 0 Å². The zero-order valence-electron chi connectivity index (χ0n) is 22.1. The first-order valence-electron chi connectivity index (χ1n) is 13.5. The molecule has 0 bridgehead atoms. The predicted octanol–water partition coefficient (Wildman–Crippen LogP) is 6.65. The molecule has 7 heteroatoms. The molecule has 5 aromatic rings. The third-order valence-electron chi connectivity index (χ3n) is 7.07. The van der Waals surface area contributed by atoms with Crippen LogP contribution in [0, 0.1) is 0 Å². The van der Waals surface area contributed by atoms with E-state index in [0.29, 0.717) is 24.6 Å². The fourth-order valence-electron chi connectivity index (χ4n) is 4.84. The van der Waals surface area contributed by atoms with Crippen LogP contribution in [-0.4, -0.2) is 52.1 Å². The highest BCUT2D eigenvalue weighted by molar-refractivity contribution is 7.98. The van der Waals surface area contributed by atoms with E-state index < -0.39 is 0 Å². The van der Waals surface area contributed by atoms with Crippen LogP contribution in [0.4, 0.5) is 0 Å². The molecule has 40 heavy (non-hydrogen) atoms. The molecule has 1 saturated heterocycles. The van der Waals surface area contributed by atoms with Crippen molar-refractivity contribution in [1.82, 2.24) is 20.0 Å². The lowest BCUT2D eigenvalue weighted by Crippen LogP contribution is -2.48. The Morgan fingerprint density at radius 2 is 1.38 bits per heavy atom. The summed E-state index contributed by atoms with van der Waals surface area (Å²) in [7, 11) is 0.